The molecule has 278 valence electrons. The molecule has 0 radical (unpaired) electrons. The Balaban J connectivity index is 0.959. The molecule has 0 fully saturated rings. The molecule has 0 aliphatic rings. The highest BCUT2D eigenvalue weighted by Gasteiger charge is 2.18. The van der Waals surface area contributed by atoms with Crippen LogP contribution in [0.15, 0.2) is 194 Å². The summed E-state index contributed by atoms with van der Waals surface area (Å²) in [4.78, 5) is 9.82. The molecule has 3 aromatic heterocycles. The number of aromatic nitrogens is 4. The van der Waals surface area contributed by atoms with Crippen LogP contribution in [-0.4, -0.2) is 19.1 Å². The van der Waals surface area contributed by atoms with Gasteiger partial charge in [-0.3, -0.25) is 0 Å². The van der Waals surface area contributed by atoms with Crippen LogP contribution in [0.4, 0.5) is 0 Å². The lowest BCUT2D eigenvalue weighted by Crippen LogP contribution is -1.98. The van der Waals surface area contributed by atoms with Crippen LogP contribution in [0.3, 0.4) is 0 Å². The van der Waals surface area contributed by atoms with Gasteiger partial charge in [-0.05, 0) is 83.9 Å². The highest BCUT2D eigenvalue weighted by atomic mass is 15.0. The molecular weight excluding hydrogens is 733 g/mol. The zero-order chi connectivity index (χ0) is 40.2. The Morgan fingerprint density at radius 3 is 1.40 bits per heavy atom. The van der Waals surface area contributed by atoms with Crippen molar-refractivity contribution in [2.75, 3.05) is 0 Å². The van der Waals surface area contributed by atoms with E-state index in [1.54, 1.807) is 12.1 Å². The maximum atomic E-state index is 9.90. The highest BCUT2D eigenvalue weighted by molar-refractivity contribution is 6.12. The van der Waals surface area contributed by atoms with E-state index >= 15 is 0 Å². The van der Waals surface area contributed by atoms with E-state index in [0.29, 0.717) is 39.5 Å². The zero-order valence-electron chi connectivity index (χ0n) is 32.2. The van der Waals surface area contributed by atoms with Crippen molar-refractivity contribution in [3.05, 3.63) is 205 Å². The van der Waals surface area contributed by atoms with Gasteiger partial charge in [-0.2, -0.15) is 10.5 Å². The van der Waals surface area contributed by atoms with E-state index in [9.17, 15) is 10.5 Å². The lowest BCUT2D eigenvalue weighted by Gasteiger charge is -2.12. The lowest BCUT2D eigenvalue weighted by molar-refractivity contribution is 1.17. The average Bonchev–Trinajstić information content (AvgIpc) is 3.84. The highest BCUT2D eigenvalue weighted by Crippen LogP contribution is 2.38. The van der Waals surface area contributed by atoms with Gasteiger partial charge in [0.05, 0.1) is 56.7 Å². The maximum absolute atomic E-state index is 9.90. The molecule has 0 bridgehead atoms. The van der Waals surface area contributed by atoms with E-state index in [1.807, 2.05) is 42.5 Å². The van der Waals surface area contributed by atoms with E-state index in [2.05, 4.69) is 161 Å². The fraction of sp³-hybridized carbons (Fsp3) is 0. The molecule has 0 saturated carbocycles. The Kier molecular flexibility index (Phi) is 8.15. The van der Waals surface area contributed by atoms with Crippen molar-refractivity contribution in [1.29, 1.82) is 10.5 Å². The topological polar surface area (TPSA) is 83.2 Å². The molecule has 6 heteroatoms. The summed E-state index contributed by atoms with van der Waals surface area (Å²) in [6.45, 7) is 0. The predicted molar refractivity (Wildman–Crippen MR) is 242 cm³/mol. The van der Waals surface area contributed by atoms with Crippen LogP contribution in [0.1, 0.15) is 11.1 Å². The third-order valence-electron chi connectivity index (χ3n) is 11.5. The van der Waals surface area contributed by atoms with Gasteiger partial charge in [-0.15, -0.1) is 0 Å². The van der Waals surface area contributed by atoms with Crippen molar-refractivity contribution in [1.82, 2.24) is 19.1 Å². The fourth-order valence-corrected chi connectivity index (χ4v) is 8.65. The number of para-hydroxylation sites is 3. The molecule has 0 amide bonds. The van der Waals surface area contributed by atoms with Gasteiger partial charge in [-0.1, -0.05) is 121 Å². The minimum absolute atomic E-state index is 0.431. The van der Waals surface area contributed by atoms with Crippen molar-refractivity contribution in [2.45, 2.75) is 0 Å². The minimum Gasteiger partial charge on any atom is -0.309 e. The smallest absolute Gasteiger partial charge is 0.161 e. The predicted octanol–water partition coefficient (Wildman–Crippen LogP) is 13.1. The summed E-state index contributed by atoms with van der Waals surface area (Å²) in [6.07, 6.45) is 0. The van der Waals surface area contributed by atoms with E-state index in [0.717, 1.165) is 39.1 Å². The molecule has 0 aliphatic carbocycles. The summed E-state index contributed by atoms with van der Waals surface area (Å²) in [5.74, 6) is 0.431. The molecule has 8 aromatic carbocycles. The van der Waals surface area contributed by atoms with Crippen molar-refractivity contribution in [3.63, 3.8) is 0 Å². The van der Waals surface area contributed by atoms with Crippen LogP contribution in [-0.2, 0) is 0 Å². The van der Waals surface area contributed by atoms with Gasteiger partial charge in [0, 0.05) is 49.6 Å². The maximum Gasteiger partial charge on any atom is 0.161 e. The number of nitriles is 2. The first-order valence-electron chi connectivity index (χ1n) is 19.8. The normalized spacial score (nSPS) is 11.3. The van der Waals surface area contributed by atoms with Gasteiger partial charge >= 0.3 is 0 Å². The average molecular weight is 765 g/mol. The van der Waals surface area contributed by atoms with Gasteiger partial charge in [0.15, 0.2) is 5.82 Å². The second-order valence-corrected chi connectivity index (χ2v) is 14.8. The van der Waals surface area contributed by atoms with Crippen LogP contribution in [0.5, 0.6) is 0 Å². The van der Waals surface area contributed by atoms with E-state index in [4.69, 9.17) is 9.97 Å². The summed E-state index contributed by atoms with van der Waals surface area (Å²) < 4.78 is 4.73. The zero-order valence-corrected chi connectivity index (χ0v) is 32.2. The molecule has 3 heterocycles. The van der Waals surface area contributed by atoms with Crippen molar-refractivity contribution >= 4 is 43.6 Å². The van der Waals surface area contributed by atoms with Crippen LogP contribution >= 0.6 is 0 Å². The summed E-state index contributed by atoms with van der Waals surface area (Å²) in [7, 11) is 0. The monoisotopic (exact) mass is 764 g/mol. The molecule has 0 saturated heterocycles. The Morgan fingerprint density at radius 2 is 0.783 bits per heavy atom. The Bertz CT molecular complexity index is 3430. The Hall–Kier alpha value is -8.58. The van der Waals surface area contributed by atoms with Crippen molar-refractivity contribution in [3.8, 4) is 68.5 Å². The van der Waals surface area contributed by atoms with Gasteiger partial charge < -0.3 is 9.13 Å². The molecule has 0 atom stereocenters. The third-order valence-corrected chi connectivity index (χ3v) is 11.5. The molecule has 11 rings (SSSR count). The first-order valence-corrected chi connectivity index (χ1v) is 19.8. The molecule has 0 spiro atoms. The Morgan fingerprint density at radius 1 is 0.350 bits per heavy atom. The number of fused-ring (bicyclic) bond motifs is 6. The third kappa shape index (κ3) is 5.63. The SMILES string of the molecule is N#Cc1ccccc1-c1cc(-c2ccc(-c3ccc(-n4c5ccccc5c5cc(-n6c7ccccc7c7ccccc76)ccc54)cc3)cc2)nc(-c2ccccc2C#N)n1. The van der Waals surface area contributed by atoms with Crippen LogP contribution in [0.25, 0.3) is 100 Å². The van der Waals surface area contributed by atoms with Gasteiger partial charge in [-0.25, -0.2) is 9.97 Å². The quantitative estimate of drug-likeness (QED) is 0.169. The Labute approximate surface area is 345 Å². The summed E-state index contributed by atoms with van der Waals surface area (Å²) in [5, 5.41) is 24.7. The summed E-state index contributed by atoms with van der Waals surface area (Å²) >= 11 is 0. The number of nitrogens with zero attached hydrogens (tertiary/aromatic N) is 6. The number of benzene rings is 8. The standard InChI is InChI=1S/C54H32N6/c55-33-38-11-1-3-13-42(38)49-32-48(57-54(58-49)43-14-4-2-12-39(43)34-56)37-23-21-35(22-24-37)36-25-27-40(28-26-36)59-52-20-10-7-17-46(52)47-31-41(29-30-53(47)59)60-50-18-8-5-15-44(50)45-16-6-9-19-51(45)60/h1-32H. The molecule has 11 aromatic rings. The molecular formula is C54H32N6. The summed E-state index contributed by atoms with van der Waals surface area (Å²) in [6, 6.07) is 71.0. The molecule has 0 N–H and O–H groups in total. The molecule has 0 aliphatic heterocycles. The molecule has 60 heavy (non-hydrogen) atoms. The number of rotatable bonds is 6. The van der Waals surface area contributed by atoms with Crippen LogP contribution in [0.2, 0.25) is 0 Å². The first-order chi connectivity index (χ1) is 29.7. The van der Waals surface area contributed by atoms with Gasteiger partial charge in [0.2, 0.25) is 0 Å². The number of hydrogen-bond donors (Lipinski definition) is 0. The van der Waals surface area contributed by atoms with Crippen LogP contribution in [0, 0.1) is 22.7 Å². The molecule has 6 nitrogen and oxygen atoms in total. The largest absolute Gasteiger partial charge is 0.309 e. The van der Waals surface area contributed by atoms with E-state index in [1.165, 1.54) is 32.6 Å². The second kappa shape index (κ2) is 14.1. The lowest BCUT2D eigenvalue weighted by atomic mass is 10.00. The summed E-state index contributed by atoms with van der Waals surface area (Å²) in [5.41, 5.74) is 13.6. The number of hydrogen-bond acceptors (Lipinski definition) is 4. The second-order valence-electron chi connectivity index (χ2n) is 14.8. The van der Waals surface area contributed by atoms with Crippen LogP contribution < -0.4 is 0 Å². The van der Waals surface area contributed by atoms with E-state index < -0.39 is 0 Å². The van der Waals surface area contributed by atoms with Gasteiger partial charge in [0.25, 0.3) is 0 Å². The minimum atomic E-state index is 0.431. The molecule has 0 unspecified atom stereocenters. The van der Waals surface area contributed by atoms with Crippen molar-refractivity contribution in [2.24, 2.45) is 0 Å². The van der Waals surface area contributed by atoms with Crippen molar-refractivity contribution < 1.29 is 0 Å². The first kappa shape index (κ1) is 34.7. The fourth-order valence-electron chi connectivity index (χ4n) is 8.65. The van der Waals surface area contributed by atoms with Gasteiger partial charge in [0.1, 0.15) is 0 Å². The van der Waals surface area contributed by atoms with E-state index in [-0.39, 0.29) is 0 Å².